The van der Waals surface area contributed by atoms with E-state index in [0.717, 1.165) is 19.3 Å². The van der Waals surface area contributed by atoms with Gasteiger partial charge in [0.1, 0.15) is 54.0 Å². The molecule has 36 heteroatoms. The third-order valence-corrected chi connectivity index (χ3v) is 24.5. The number of carbonyl (C=O) groups is 6. The molecule has 112 heavy (non-hydrogen) atoms. The number of rotatable bonds is 57. The highest BCUT2D eigenvalue weighted by atomic mass is 31.2. The normalized spacial score (nSPS) is 31.4. The van der Waals surface area contributed by atoms with Gasteiger partial charge in [-0.25, -0.2) is 9.13 Å². The Bertz CT molecular complexity index is 2850. The van der Waals surface area contributed by atoms with Crippen molar-refractivity contribution in [3.8, 4) is 0 Å². The molecule has 0 bridgehead atoms. The maximum absolute atomic E-state index is 14.1. The minimum absolute atomic E-state index is 0.0186. The first-order valence-corrected chi connectivity index (χ1v) is 44.1. The van der Waals surface area contributed by atoms with Gasteiger partial charge >= 0.3 is 15.6 Å². The third kappa shape index (κ3) is 33.3. The predicted molar refractivity (Wildman–Crippen MR) is 402 cm³/mol. The van der Waals surface area contributed by atoms with E-state index in [1.54, 1.807) is 25.7 Å². The van der Waals surface area contributed by atoms with Gasteiger partial charge in [0.15, 0.2) is 18.9 Å². The van der Waals surface area contributed by atoms with Gasteiger partial charge in [-0.2, -0.15) is 0 Å². The van der Waals surface area contributed by atoms with Gasteiger partial charge in [-0.05, 0) is 96.3 Å². The van der Waals surface area contributed by atoms with Crippen LogP contribution in [0.25, 0.3) is 0 Å². The first kappa shape index (κ1) is 97.8. The van der Waals surface area contributed by atoms with Crippen molar-refractivity contribution in [2.75, 3.05) is 86.2 Å². The Hall–Kier alpha value is -3.04. The highest BCUT2D eigenvalue weighted by molar-refractivity contribution is 7.47. The Labute approximate surface area is 659 Å². The fourth-order valence-electron chi connectivity index (χ4n) is 15.5. The molecule has 3 amide bonds. The first-order valence-electron chi connectivity index (χ1n) is 41.1. The number of phosphoric ester groups is 2. The zero-order chi connectivity index (χ0) is 81.9. The van der Waals surface area contributed by atoms with Crippen molar-refractivity contribution in [1.82, 2.24) is 14.7 Å². The van der Waals surface area contributed by atoms with Crippen molar-refractivity contribution in [1.29, 1.82) is 0 Å². The second kappa shape index (κ2) is 51.4. The van der Waals surface area contributed by atoms with Crippen molar-refractivity contribution >= 4 is 50.7 Å². The summed E-state index contributed by atoms with van der Waals surface area (Å²) in [5, 5.41) is 100. The molecule has 0 aromatic rings. The highest BCUT2D eigenvalue weighted by Gasteiger charge is 2.48. The van der Waals surface area contributed by atoms with Gasteiger partial charge in [0.25, 0.3) is 0 Å². The Morgan fingerprint density at radius 3 is 0.929 bits per heavy atom. The summed E-state index contributed by atoms with van der Waals surface area (Å²) in [6, 6.07) is -2.21. The molecule has 23 atom stereocenters. The van der Waals surface area contributed by atoms with Gasteiger partial charge in [-0.3, -0.25) is 46.9 Å². The lowest BCUT2D eigenvalue weighted by molar-refractivity contribution is -0.282. The lowest BCUT2D eigenvalue weighted by atomic mass is 9.92. The largest absolute Gasteiger partial charge is 0.472 e. The van der Waals surface area contributed by atoms with E-state index in [1.165, 1.54) is 16.9 Å². The molecule has 34 nitrogen and oxygen atoms in total. The molecule has 6 aliphatic heterocycles. The molecule has 0 radical (unpaired) electrons. The van der Waals surface area contributed by atoms with Crippen molar-refractivity contribution < 1.29 is 150 Å². The summed E-state index contributed by atoms with van der Waals surface area (Å²) in [7, 11) is -8.38. The number of hydrogen-bond acceptors (Lipinski definition) is 29. The molecule has 6 rings (SSSR count). The summed E-state index contributed by atoms with van der Waals surface area (Å²) in [5.41, 5.74) is 0. The molecule has 0 spiro atoms. The highest BCUT2D eigenvalue weighted by Crippen LogP contribution is 2.50. The monoisotopic (exact) mass is 1650 g/mol. The summed E-state index contributed by atoms with van der Waals surface area (Å²) in [5.74, 6) is -2.01. The van der Waals surface area contributed by atoms with E-state index >= 15 is 0 Å². The topological polar surface area (TPSA) is 491 Å². The average Bonchev–Trinajstić information content (AvgIpc) is 1.51. The van der Waals surface area contributed by atoms with Crippen LogP contribution in [0.15, 0.2) is 0 Å². The summed E-state index contributed by atoms with van der Waals surface area (Å²) < 4.78 is 89.5. The summed E-state index contributed by atoms with van der Waals surface area (Å²) in [6.45, 7) is 3.49. The van der Waals surface area contributed by atoms with E-state index in [2.05, 4.69) is 0 Å². The smallest absolute Gasteiger partial charge is 0.394 e. The zero-order valence-electron chi connectivity index (χ0n) is 66.3. The summed E-state index contributed by atoms with van der Waals surface area (Å²) in [6.07, 6.45) is 1.20. The molecule has 0 aromatic carbocycles. The van der Waals surface area contributed by atoms with Gasteiger partial charge in [-0.1, -0.05) is 78.6 Å². The Morgan fingerprint density at radius 1 is 0.366 bits per heavy atom. The van der Waals surface area contributed by atoms with Crippen LogP contribution < -0.4 is 0 Å². The first-order chi connectivity index (χ1) is 53.5. The van der Waals surface area contributed by atoms with Crippen LogP contribution >= 0.6 is 15.6 Å². The number of phosphoric acid groups is 2. The maximum atomic E-state index is 14.1. The van der Waals surface area contributed by atoms with Gasteiger partial charge in [0, 0.05) is 122 Å². The number of aliphatic hydroxyl groups is 10. The van der Waals surface area contributed by atoms with Crippen LogP contribution in [0, 0.1) is 17.8 Å². The molecule has 6 heterocycles. The fourth-order valence-corrected chi connectivity index (χ4v) is 17.4. The number of carbonyl (C=O) groups excluding carboxylic acids is 6. The summed E-state index contributed by atoms with van der Waals surface area (Å²) >= 11 is 0. The van der Waals surface area contributed by atoms with Gasteiger partial charge in [-0.15, -0.1) is 0 Å². The molecular weight excluding hydrogens is 1510 g/mol. The molecule has 12 N–H and O–H groups in total. The predicted octanol–water partition coefficient (Wildman–Crippen LogP) is 4.49. The quantitative estimate of drug-likeness (QED) is 0.0295. The Balaban J connectivity index is 0.908. The molecule has 6 saturated heterocycles. The van der Waals surface area contributed by atoms with Gasteiger partial charge < -0.3 is 109 Å². The second-order valence-corrected chi connectivity index (χ2v) is 34.3. The molecule has 0 aromatic heterocycles. The van der Waals surface area contributed by atoms with Gasteiger partial charge in [0.05, 0.1) is 94.4 Å². The van der Waals surface area contributed by atoms with Crippen LogP contribution in [0.4, 0.5) is 0 Å². The van der Waals surface area contributed by atoms with E-state index < -0.39 is 183 Å². The molecular formula is C76H135N3O31P2. The van der Waals surface area contributed by atoms with E-state index in [9.17, 15) is 98.7 Å². The zero-order valence-corrected chi connectivity index (χ0v) is 68.1. The van der Waals surface area contributed by atoms with Crippen LogP contribution in [-0.2, 0) is 89.2 Å². The number of methoxy groups -OCH3 is 1. The molecule has 8 unspecified atom stereocenters. The minimum atomic E-state index is -4.94. The number of nitrogens with zero attached hydrogens (tertiary/aromatic N) is 3. The number of ether oxygens (including phenoxy) is 7. The molecule has 0 aliphatic carbocycles. The SMILES string of the molecule is COC[C@@H]1C[C@@H](OP(=O)(O)OC[C@@H]2C[C@@H](OP(=O)(O)OC[C@@H]3C[C@@H](O)CN3C(=O)CCCCCCC(=O)CCCCCO[C@@H]3OC(CO)[C@H](O)[C@H](O)C3C)CN2C(=O)CCCCCCC(=O)CCCCCO[C@@H]2OC(CO)[C@H](O)[C@H](O)C2C)CN1C(=O)CCCCCCC(=O)CCCCCO[C@@H]1OC(CO)[C@H](O)[C@H](O)C1C. The molecule has 6 fully saturated rings. The number of aliphatic hydroxyl groups excluding tert-OH is 10. The van der Waals surface area contributed by atoms with Gasteiger partial charge in [0.2, 0.25) is 17.7 Å². The van der Waals surface area contributed by atoms with Crippen molar-refractivity contribution in [2.24, 2.45) is 17.8 Å². The number of amides is 3. The molecule has 6 aliphatic rings. The fraction of sp³-hybridized carbons (Fsp3) is 0.921. The van der Waals surface area contributed by atoms with Crippen molar-refractivity contribution in [3.05, 3.63) is 0 Å². The molecule has 650 valence electrons. The van der Waals surface area contributed by atoms with Crippen molar-refractivity contribution in [3.63, 3.8) is 0 Å². The number of ketones is 3. The van der Waals surface area contributed by atoms with E-state index in [4.69, 9.17) is 51.3 Å². The van der Waals surface area contributed by atoms with E-state index in [0.29, 0.717) is 174 Å². The lowest BCUT2D eigenvalue weighted by Gasteiger charge is -2.40. The van der Waals surface area contributed by atoms with Crippen LogP contribution in [0.3, 0.4) is 0 Å². The number of likely N-dealkylation sites (tertiary alicyclic amines) is 3. The molecule has 0 saturated carbocycles. The number of β-amino-alcohol motifs (C(OH)–C–C–N with tert-alkyl or cyclic N) is 1. The van der Waals surface area contributed by atoms with E-state index in [-0.39, 0.29) is 93.9 Å². The van der Waals surface area contributed by atoms with Crippen LogP contribution in [0.2, 0.25) is 0 Å². The number of hydrogen-bond donors (Lipinski definition) is 12. The second-order valence-electron chi connectivity index (χ2n) is 31.5. The average molecular weight is 1650 g/mol. The van der Waals surface area contributed by atoms with Crippen molar-refractivity contribution in [2.45, 2.75) is 343 Å². The Morgan fingerprint density at radius 2 is 0.634 bits per heavy atom. The Kier molecular flexibility index (Phi) is 44.9. The van der Waals surface area contributed by atoms with Crippen LogP contribution in [-0.4, -0.2) is 307 Å². The number of Topliss-reactive ketones (excluding diaryl/α,β-unsaturated/α-hetero) is 3. The number of unbranched alkanes of at least 4 members (excludes halogenated alkanes) is 15. The maximum Gasteiger partial charge on any atom is 0.472 e. The summed E-state index contributed by atoms with van der Waals surface area (Å²) in [4.78, 5) is 106. The van der Waals surface area contributed by atoms with E-state index in [1.807, 2.05) is 0 Å². The third-order valence-electron chi connectivity index (χ3n) is 22.4. The van der Waals surface area contributed by atoms with Crippen LogP contribution in [0.1, 0.15) is 233 Å². The van der Waals surface area contributed by atoms with Crippen LogP contribution in [0.5, 0.6) is 0 Å². The lowest BCUT2D eigenvalue weighted by Crippen LogP contribution is -2.55. The minimum Gasteiger partial charge on any atom is -0.394 e. The standard InChI is InChI=1S/C76H135N3O31P2/c1-50-68(90)71(93)62(44-80)106-74(50)101-35-23-11-17-29-56(83)26-14-5-8-20-32-65(87)77-41-59(86)38-53(77)48-104-111(96,97)110-61-40-55(79(43-61)67(89)34-22-10-7-16-28-58(85)31-19-13-25-37-103-76-52(3)70(92)73(95)64(46-82)108-76)49-105-112(98,99)109-60-39-54(47-100-4)78(42-60)66(88)33-21-9-6-15-27-57(84)30-18-12-24-36-102-75-51(2)69(91)72(94)63(45-81)107-75/h50-55,59-64,68-76,80-82,86,90-95H,5-49H2,1-4H3,(H,96,97)(H,98,99)/t50?,51?,52?,53-,54-,55-,59+,60+,61+,62?,63?,64?,68+,69+,70+,71-,72-,73-,74+,75+,76+/m0/s1.